The minimum Gasteiger partial charge on any atom is -0.493 e. The molecular formula is C27H28N2O4. The second-order valence-electron chi connectivity index (χ2n) is 8.11. The summed E-state index contributed by atoms with van der Waals surface area (Å²) in [6, 6.07) is 22.9. The topological polar surface area (TPSA) is 59.1 Å². The van der Waals surface area contributed by atoms with Crippen LogP contribution in [0.4, 0.5) is 0 Å². The van der Waals surface area contributed by atoms with Gasteiger partial charge in [-0.3, -0.25) is 9.59 Å². The lowest BCUT2D eigenvalue weighted by atomic mass is 9.87. The molecule has 0 fully saturated rings. The Morgan fingerprint density at radius 1 is 0.939 bits per heavy atom. The summed E-state index contributed by atoms with van der Waals surface area (Å²) in [6.07, 6.45) is 0.625. The number of amides is 2. The van der Waals surface area contributed by atoms with Gasteiger partial charge in [-0.2, -0.15) is 0 Å². The molecule has 6 heteroatoms. The number of likely N-dealkylation sites (N-methyl/N-ethyl adjacent to an activating group) is 1. The summed E-state index contributed by atoms with van der Waals surface area (Å²) in [6.45, 7) is 0.808. The molecule has 3 aromatic carbocycles. The standard InChI is InChI=1S/C27H28N2O4/c1-28(18-19-10-6-4-7-11-19)26(30)27(31)29-15-14-21-16-23(32-2)24(33-3)17-22(21)25(29)20-12-8-5-9-13-20/h4-13,16-17,25H,14-15,18H2,1-3H3. The smallest absolute Gasteiger partial charge is 0.312 e. The van der Waals surface area contributed by atoms with Crippen LogP contribution in [0.15, 0.2) is 72.8 Å². The van der Waals surface area contributed by atoms with Crippen molar-refractivity contribution in [3.63, 3.8) is 0 Å². The molecule has 1 heterocycles. The van der Waals surface area contributed by atoms with Gasteiger partial charge in [0.1, 0.15) is 0 Å². The molecule has 0 bridgehead atoms. The molecule has 0 aliphatic carbocycles. The third-order valence-electron chi connectivity index (χ3n) is 6.04. The number of hydrogen-bond donors (Lipinski definition) is 0. The fraction of sp³-hybridized carbons (Fsp3) is 0.259. The molecule has 1 aliphatic rings. The fourth-order valence-electron chi connectivity index (χ4n) is 4.37. The highest BCUT2D eigenvalue weighted by atomic mass is 16.5. The minimum absolute atomic E-state index is 0.372. The summed E-state index contributed by atoms with van der Waals surface area (Å²) in [5, 5.41) is 0. The fourth-order valence-corrected chi connectivity index (χ4v) is 4.37. The van der Waals surface area contributed by atoms with Crippen molar-refractivity contribution < 1.29 is 19.1 Å². The predicted octanol–water partition coefficient (Wildman–Crippen LogP) is 3.84. The van der Waals surface area contributed by atoms with Crippen LogP contribution in [0, 0.1) is 0 Å². The van der Waals surface area contributed by atoms with Crippen molar-refractivity contribution in [2.75, 3.05) is 27.8 Å². The molecule has 6 nitrogen and oxygen atoms in total. The molecule has 1 unspecified atom stereocenters. The van der Waals surface area contributed by atoms with Crippen molar-refractivity contribution in [3.8, 4) is 11.5 Å². The molecule has 0 spiro atoms. The molecule has 1 atom stereocenters. The lowest BCUT2D eigenvalue weighted by Crippen LogP contribution is -2.48. The van der Waals surface area contributed by atoms with E-state index in [9.17, 15) is 9.59 Å². The van der Waals surface area contributed by atoms with E-state index in [-0.39, 0.29) is 0 Å². The van der Waals surface area contributed by atoms with Crippen molar-refractivity contribution in [1.82, 2.24) is 9.80 Å². The number of methoxy groups -OCH3 is 2. The number of carbonyl (C=O) groups is 2. The quantitative estimate of drug-likeness (QED) is 0.561. The van der Waals surface area contributed by atoms with E-state index in [1.165, 1.54) is 4.90 Å². The Kier molecular flexibility index (Phi) is 6.63. The molecule has 1 aliphatic heterocycles. The molecule has 0 aromatic heterocycles. The van der Waals surface area contributed by atoms with E-state index in [4.69, 9.17) is 9.47 Å². The number of fused-ring (bicyclic) bond motifs is 1. The van der Waals surface area contributed by atoms with Gasteiger partial charge in [-0.05, 0) is 40.8 Å². The first-order chi connectivity index (χ1) is 16.0. The Balaban J connectivity index is 1.69. The third kappa shape index (κ3) is 4.55. The maximum atomic E-state index is 13.5. The van der Waals surface area contributed by atoms with Gasteiger partial charge < -0.3 is 19.3 Å². The maximum absolute atomic E-state index is 13.5. The van der Waals surface area contributed by atoms with Gasteiger partial charge in [-0.25, -0.2) is 0 Å². The third-order valence-corrected chi connectivity index (χ3v) is 6.04. The molecular weight excluding hydrogens is 416 g/mol. The van der Waals surface area contributed by atoms with Crippen molar-refractivity contribution >= 4 is 11.8 Å². The van der Waals surface area contributed by atoms with Crippen LogP contribution in [0.25, 0.3) is 0 Å². The second kappa shape index (κ2) is 9.77. The van der Waals surface area contributed by atoms with E-state index in [2.05, 4.69) is 0 Å². The van der Waals surface area contributed by atoms with Crippen LogP contribution >= 0.6 is 0 Å². The molecule has 4 rings (SSSR count). The maximum Gasteiger partial charge on any atom is 0.312 e. The van der Waals surface area contributed by atoms with Gasteiger partial charge in [0.25, 0.3) is 0 Å². The van der Waals surface area contributed by atoms with E-state index in [1.54, 1.807) is 26.2 Å². The van der Waals surface area contributed by atoms with E-state index in [1.807, 2.05) is 72.8 Å². The zero-order chi connectivity index (χ0) is 23.4. The first-order valence-electron chi connectivity index (χ1n) is 10.9. The highest BCUT2D eigenvalue weighted by Crippen LogP contribution is 2.41. The molecule has 33 heavy (non-hydrogen) atoms. The summed E-state index contributed by atoms with van der Waals surface area (Å²) in [4.78, 5) is 29.8. The van der Waals surface area contributed by atoms with E-state index in [0.717, 1.165) is 22.3 Å². The van der Waals surface area contributed by atoms with Crippen LogP contribution in [0.3, 0.4) is 0 Å². The summed E-state index contributed by atoms with van der Waals surface area (Å²) in [5.41, 5.74) is 3.94. The van der Waals surface area contributed by atoms with Crippen molar-refractivity contribution in [2.24, 2.45) is 0 Å². The number of nitrogens with zero attached hydrogens (tertiary/aromatic N) is 2. The van der Waals surface area contributed by atoms with Crippen molar-refractivity contribution in [3.05, 3.63) is 95.1 Å². The first-order valence-corrected chi connectivity index (χ1v) is 10.9. The zero-order valence-electron chi connectivity index (χ0n) is 19.2. The molecule has 0 saturated carbocycles. The summed E-state index contributed by atoms with van der Waals surface area (Å²) in [5.74, 6) is 0.215. The molecule has 170 valence electrons. The van der Waals surface area contributed by atoms with Gasteiger partial charge in [0.15, 0.2) is 11.5 Å². The number of hydrogen-bond acceptors (Lipinski definition) is 4. The number of rotatable bonds is 5. The van der Waals surface area contributed by atoms with Crippen LogP contribution in [-0.2, 0) is 22.6 Å². The number of benzene rings is 3. The van der Waals surface area contributed by atoms with Crippen LogP contribution < -0.4 is 9.47 Å². The molecule has 0 saturated heterocycles. The summed E-state index contributed by atoms with van der Waals surface area (Å²) < 4.78 is 11.0. The monoisotopic (exact) mass is 444 g/mol. The van der Waals surface area contributed by atoms with Crippen LogP contribution in [0.1, 0.15) is 28.3 Å². The molecule has 3 aromatic rings. The van der Waals surface area contributed by atoms with Gasteiger partial charge in [0.2, 0.25) is 0 Å². The molecule has 0 radical (unpaired) electrons. The Hall–Kier alpha value is -3.80. The van der Waals surface area contributed by atoms with Crippen molar-refractivity contribution in [1.29, 1.82) is 0 Å². The lowest BCUT2D eigenvalue weighted by Gasteiger charge is -2.38. The Bertz CT molecular complexity index is 1130. The first kappa shape index (κ1) is 22.4. The van der Waals surface area contributed by atoms with E-state index in [0.29, 0.717) is 31.0 Å². The summed E-state index contributed by atoms with van der Waals surface area (Å²) in [7, 11) is 4.87. The molecule has 2 amide bonds. The largest absolute Gasteiger partial charge is 0.493 e. The zero-order valence-corrected chi connectivity index (χ0v) is 19.2. The van der Waals surface area contributed by atoms with Crippen molar-refractivity contribution in [2.45, 2.75) is 19.0 Å². The van der Waals surface area contributed by atoms with Crippen LogP contribution in [-0.4, -0.2) is 49.4 Å². The predicted molar refractivity (Wildman–Crippen MR) is 126 cm³/mol. The Morgan fingerprint density at radius 2 is 1.55 bits per heavy atom. The highest BCUT2D eigenvalue weighted by molar-refractivity contribution is 6.35. The average molecular weight is 445 g/mol. The SMILES string of the molecule is COc1cc2c(cc1OC)C(c1ccccc1)N(C(=O)C(=O)N(C)Cc1ccccc1)CC2. The van der Waals surface area contributed by atoms with Crippen LogP contribution in [0.5, 0.6) is 11.5 Å². The average Bonchev–Trinajstić information content (AvgIpc) is 2.87. The summed E-state index contributed by atoms with van der Waals surface area (Å²) >= 11 is 0. The Labute approximate surface area is 194 Å². The normalized spacial score (nSPS) is 14.9. The van der Waals surface area contributed by atoms with Gasteiger partial charge in [-0.15, -0.1) is 0 Å². The van der Waals surface area contributed by atoms with E-state index >= 15 is 0 Å². The highest BCUT2D eigenvalue weighted by Gasteiger charge is 2.36. The molecule has 0 N–H and O–H groups in total. The van der Waals surface area contributed by atoms with Gasteiger partial charge in [-0.1, -0.05) is 60.7 Å². The van der Waals surface area contributed by atoms with Gasteiger partial charge in [0, 0.05) is 20.1 Å². The Morgan fingerprint density at radius 3 is 2.18 bits per heavy atom. The lowest BCUT2D eigenvalue weighted by molar-refractivity contribution is -0.152. The van der Waals surface area contributed by atoms with E-state index < -0.39 is 17.9 Å². The number of carbonyl (C=O) groups excluding carboxylic acids is 2. The number of ether oxygens (including phenoxy) is 2. The van der Waals surface area contributed by atoms with Crippen LogP contribution in [0.2, 0.25) is 0 Å². The van der Waals surface area contributed by atoms with Gasteiger partial charge in [0.05, 0.1) is 20.3 Å². The minimum atomic E-state index is -0.524. The second-order valence-corrected chi connectivity index (χ2v) is 8.11. The van der Waals surface area contributed by atoms with Gasteiger partial charge >= 0.3 is 11.8 Å².